The SMILES string of the molecule is CCc1nnc2n1N[C@H](c1ccc(OC)cc1)[C@@H](C(=O)Nc1cccc(C)c1)S2. The number of aromatic nitrogens is 3. The predicted molar refractivity (Wildman–Crippen MR) is 114 cm³/mol. The van der Waals surface area contributed by atoms with E-state index in [9.17, 15) is 4.79 Å². The Bertz CT molecular complexity index is 1020. The molecule has 2 atom stereocenters. The first-order valence-corrected chi connectivity index (χ1v) is 10.4. The van der Waals surface area contributed by atoms with Crippen LogP contribution in [0.3, 0.4) is 0 Å². The van der Waals surface area contributed by atoms with Gasteiger partial charge in [0.1, 0.15) is 11.0 Å². The average molecular weight is 410 g/mol. The number of nitrogens with one attached hydrogen (secondary N) is 2. The Hall–Kier alpha value is -3.00. The maximum absolute atomic E-state index is 13.2. The lowest BCUT2D eigenvalue weighted by Gasteiger charge is -2.33. The van der Waals surface area contributed by atoms with E-state index in [1.165, 1.54) is 11.8 Å². The van der Waals surface area contributed by atoms with Crippen molar-refractivity contribution in [2.45, 2.75) is 36.7 Å². The largest absolute Gasteiger partial charge is 0.497 e. The molecule has 0 saturated heterocycles. The molecule has 2 N–H and O–H groups in total. The molecule has 7 nitrogen and oxygen atoms in total. The zero-order valence-electron chi connectivity index (χ0n) is 16.5. The molecule has 1 aliphatic heterocycles. The van der Waals surface area contributed by atoms with Gasteiger partial charge < -0.3 is 15.5 Å². The van der Waals surface area contributed by atoms with Crippen LogP contribution in [-0.4, -0.2) is 33.1 Å². The number of carbonyl (C=O) groups excluding carboxylic acids is 1. The lowest BCUT2D eigenvalue weighted by atomic mass is 10.0. The summed E-state index contributed by atoms with van der Waals surface area (Å²) in [6.07, 6.45) is 0.746. The number of aryl methyl sites for hydroxylation is 2. The molecule has 0 fully saturated rings. The second-order valence-electron chi connectivity index (χ2n) is 6.86. The van der Waals surface area contributed by atoms with Crippen molar-refractivity contribution in [3.63, 3.8) is 0 Å². The first kappa shape index (κ1) is 19.3. The molecule has 1 aliphatic rings. The summed E-state index contributed by atoms with van der Waals surface area (Å²) in [5, 5.41) is 11.8. The Morgan fingerprint density at radius 3 is 2.72 bits per heavy atom. The normalized spacial score (nSPS) is 17.9. The van der Waals surface area contributed by atoms with Crippen molar-refractivity contribution < 1.29 is 9.53 Å². The smallest absolute Gasteiger partial charge is 0.240 e. The second-order valence-corrected chi connectivity index (χ2v) is 7.97. The van der Waals surface area contributed by atoms with Gasteiger partial charge in [0, 0.05) is 12.1 Å². The van der Waals surface area contributed by atoms with Gasteiger partial charge >= 0.3 is 0 Å². The Labute approximate surface area is 173 Å². The number of ether oxygens (including phenoxy) is 1. The van der Waals surface area contributed by atoms with E-state index in [1.807, 2.05) is 67.1 Å². The van der Waals surface area contributed by atoms with Gasteiger partial charge in [-0.25, -0.2) is 4.68 Å². The van der Waals surface area contributed by atoms with E-state index in [1.54, 1.807) is 7.11 Å². The van der Waals surface area contributed by atoms with Crippen molar-refractivity contribution in [3.05, 3.63) is 65.5 Å². The molecule has 2 aromatic carbocycles. The molecule has 0 radical (unpaired) electrons. The fourth-order valence-electron chi connectivity index (χ4n) is 3.33. The molecule has 0 bridgehead atoms. The Kier molecular flexibility index (Phi) is 5.44. The Morgan fingerprint density at radius 1 is 1.24 bits per heavy atom. The molecule has 0 unspecified atom stereocenters. The van der Waals surface area contributed by atoms with Gasteiger partial charge in [-0.1, -0.05) is 43.0 Å². The highest BCUT2D eigenvalue weighted by atomic mass is 32.2. The first-order valence-electron chi connectivity index (χ1n) is 9.48. The van der Waals surface area contributed by atoms with Crippen LogP contribution in [0, 0.1) is 6.92 Å². The lowest BCUT2D eigenvalue weighted by molar-refractivity contribution is -0.116. The number of fused-ring (bicyclic) bond motifs is 1. The minimum absolute atomic E-state index is 0.0822. The molecular weight excluding hydrogens is 386 g/mol. The number of hydrogen-bond acceptors (Lipinski definition) is 6. The van der Waals surface area contributed by atoms with Crippen LogP contribution in [0.5, 0.6) is 5.75 Å². The van der Waals surface area contributed by atoms with Crippen molar-refractivity contribution in [3.8, 4) is 5.75 Å². The number of benzene rings is 2. The number of amides is 1. The quantitative estimate of drug-likeness (QED) is 0.671. The number of methoxy groups -OCH3 is 1. The number of thioether (sulfide) groups is 1. The average Bonchev–Trinajstić information content (AvgIpc) is 3.15. The van der Waals surface area contributed by atoms with E-state index < -0.39 is 5.25 Å². The minimum atomic E-state index is -0.412. The molecule has 0 spiro atoms. The van der Waals surface area contributed by atoms with Crippen LogP contribution in [0.2, 0.25) is 0 Å². The molecule has 150 valence electrons. The van der Waals surface area contributed by atoms with E-state index in [-0.39, 0.29) is 11.9 Å². The number of nitrogens with zero attached hydrogens (tertiary/aromatic N) is 3. The minimum Gasteiger partial charge on any atom is -0.497 e. The lowest BCUT2D eigenvalue weighted by Crippen LogP contribution is -2.41. The topological polar surface area (TPSA) is 81.1 Å². The highest BCUT2D eigenvalue weighted by Gasteiger charge is 2.37. The number of hydrogen-bond donors (Lipinski definition) is 2. The summed E-state index contributed by atoms with van der Waals surface area (Å²) in [6, 6.07) is 15.3. The maximum atomic E-state index is 13.2. The Morgan fingerprint density at radius 2 is 2.03 bits per heavy atom. The van der Waals surface area contributed by atoms with E-state index in [0.29, 0.717) is 5.16 Å². The van der Waals surface area contributed by atoms with Gasteiger partial charge in [0.15, 0.2) is 5.82 Å². The van der Waals surface area contributed by atoms with E-state index >= 15 is 0 Å². The van der Waals surface area contributed by atoms with Gasteiger partial charge in [0.05, 0.1) is 13.2 Å². The molecule has 1 aromatic heterocycles. The molecule has 0 aliphatic carbocycles. The third kappa shape index (κ3) is 3.93. The highest BCUT2D eigenvalue weighted by molar-refractivity contribution is 8.00. The van der Waals surface area contributed by atoms with E-state index in [2.05, 4.69) is 20.9 Å². The summed E-state index contributed by atoms with van der Waals surface area (Å²) in [4.78, 5) is 13.2. The Balaban J connectivity index is 1.66. The van der Waals surface area contributed by atoms with Crippen LogP contribution < -0.4 is 15.5 Å². The summed E-state index contributed by atoms with van der Waals surface area (Å²) in [5.41, 5.74) is 6.31. The molecule has 8 heteroatoms. The maximum Gasteiger partial charge on any atom is 0.240 e. The van der Waals surface area contributed by atoms with E-state index in [4.69, 9.17) is 4.74 Å². The van der Waals surface area contributed by atoms with E-state index in [0.717, 1.165) is 34.8 Å². The van der Waals surface area contributed by atoms with Gasteiger partial charge in [-0.2, -0.15) is 0 Å². The van der Waals surface area contributed by atoms with Crippen molar-refractivity contribution in [2.24, 2.45) is 0 Å². The fourth-order valence-corrected chi connectivity index (χ4v) is 4.42. The van der Waals surface area contributed by atoms with Crippen LogP contribution in [0.4, 0.5) is 5.69 Å². The molecular formula is C21H23N5O2S. The summed E-state index contributed by atoms with van der Waals surface area (Å²) in [6.45, 7) is 4.03. The van der Waals surface area contributed by atoms with Crippen LogP contribution in [0.1, 0.15) is 29.9 Å². The molecule has 3 aromatic rings. The van der Waals surface area contributed by atoms with Crippen molar-refractivity contribution in [2.75, 3.05) is 17.9 Å². The molecule has 0 saturated carbocycles. The van der Waals surface area contributed by atoms with Crippen molar-refractivity contribution in [1.29, 1.82) is 0 Å². The summed E-state index contributed by atoms with van der Waals surface area (Å²) in [7, 11) is 1.64. The van der Waals surface area contributed by atoms with Crippen molar-refractivity contribution in [1.82, 2.24) is 14.9 Å². The molecule has 4 rings (SSSR count). The van der Waals surface area contributed by atoms with Crippen molar-refractivity contribution >= 4 is 23.4 Å². The molecule has 2 heterocycles. The number of carbonyl (C=O) groups is 1. The van der Waals surface area contributed by atoms with Crippen LogP contribution in [0.15, 0.2) is 53.7 Å². The second kappa shape index (κ2) is 8.16. The predicted octanol–water partition coefficient (Wildman–Crippen LogP) is 3.56. The summed E-state index contributed by atoms with van der Waals surface area (Å²) < 4.78 is 7.16. The van der Waals surface area contributed by atoms with Crippen LogP contribution in [0.25, 0.3) is 0 Å². The summed E-state index contributed by atoms with van der Waals surface area (Å²) in [5.74, 6) is 1.53. The third-order valence-electron chi connectivity index (χ3n) is 4.84. The first-order chi connectivity index (χ1) is 14.1. The summed E-state index contributed by atoms with van der Waals surface area (Å²) >= 11 is 1.42. The van der Waals surface area contributed by atoms with Crippen LogP contribution >= 0.6 is 11.8 Å². The fraction of sp³-hybridized carbons (Fsp3) is 0.286. The highest BCUT2D eigenvalue weighted by Crippen LogP contribution is 2.38. The van der Waals surface area contributed by atoms with Gasteiger partial charge in [0.2, 0.25) is 11.1 Å². The monoisotopic (exact) mass is 409 g/mol. The standard InChI is InChI=1S/C21H23N5O2S/c1-4-17-23-24-21-26(17)25-18(14-8-10-16(28-3)11-9-14)19(29-21)20(27)22-15-7-5-6-13(2)12-15/h5-12,18-19,25H,4H2,1-3H3,(H,22,27)/t18-,19+/m1/s1. The van der Waals surface area contributed by atoms with Gasteiger partial charge in [-0.15, -0.1) is 10.2 Å². The zero-order chi connectivity index (χ0) is 20.4. The van der Waals surface area contributed by atoms with Gasteiger partial charge in [-0.3, -0.25) is 4.79 Å². The van der Waals surface area contributed by atoms with Gasteiger partial charge in [-0.05, 0) is 42.3 Å². The molecule has 1 amide bonds. The number of anilines is 1. The van der Waals surface area contributed by atoms with Gasteiger partial charge in [0.25, 0.3) is 0 Å². The third-order valence-corrected chi connectivity index (χ3v) is 6.05. The van der Waals surface area contributed by atoms with Crippen LogP contribution in [-0.2, 0) is 11.2 Å². The molecule has 29 heavy (non-hydrogen) atoms. The zero-order valence-corrected chi connectivity index (χ0v) is 17.4. The number of rotatable bonds is 5.